The van der Waals surface area contributed by atoms with Gasteiger partial charge in [-0.15, -0.1) is 0 Å². The summed E-state index contributed by atoms with van der Waals surface area (Å²) in [7, 11) is 0. The summed E-state index contributed by atoms with van der Waals surface area (Å²) in [4.78, 5) is 20.6. The Hall–Kier alpha value is -0.711. The Labute approximate surface area is 78.9 Å². The van der Waals surface area contributed by atoms with E-state index in [-0.39, 0.29) is 9.68 Å². The SMILES string of the molecule is CC(=O)[Se]c1ccsc1[N+](=O)[O-]. The first-order valence-corrected chi connectivity index (χ1v) is 5.61. The number of hydrogen-bond acceptors (Lipinski definition) is 4. The molecule has 0 aliphatic heterocycles. The van der Waals surface area contributed by atoms with Gasteiger partial charge in [-0.2, -0.15) is 0 Å². The predicted molar refractivity (Wildman–Crippen MR) is 47.0 cm³/mol. The number of nitro groups is 1. The fraction of sp³-hybridized carbons (Fsp3) is 0.167. The van der Waals surface area contributed by atoms with Crippen LogP contribution in [-0.4, -0.2) is 24.6 Å². The van der Waals surface area contributed by atoms with Crippen LogP contribution in [0.3, 0.4) is 0 Å². The van der Waals surface area contributed by atoms with Crippen molar-refractivity contribution < 1.29 is 9.72 Å². The molecule has 0 unspecified atom stereocenters. The van der Waals surface area contributed by atoms with Crippen LogP contribution in [0.4, 0.5) is 5.00 Å². The van der Waals surface area contributed by atoms with E-state index in [2.05, 4.69) is 0 Å². The van der Waals surface area contributed by atoms with E-state index in [1.165, 1.54) is 6.92 Å². The predicted octanol–water partition coefficient (Wildman–Crippen LogP) is 0.532. The van der Waals surface area contributed by atoms with Crippen molar-refractivity contribution >= 4 is 40.4 Å². The van der Waals surface area contributed by atoms with E-state index < -0.39 is 19.9 Å². The second kappa shape index (κ2) is 3.80. The fourth-order valence-corrected chi connectivity index (χ4v) is 3.25. The number of rotatable bonds is 3. The van der Waals surface area contributed by atoms with E-state index in [4.69, 9.17) is 0 Å². The average molecular weight is 250 g/mol. The molecule has 1 heterocycles. The Bertz CT molecular complexity index is 322. The third kappa shape index (κ3) is 2.14. The Kier molecular flexibility index (Phi) is 2.97. The van der Waals surface area contributed by atoms with Crippen molar-refractivity contribution in [1.82, 2.24) is 0 Å². The number of carbonyl (C=O) groups excluding carboxylic acids is 1. The Balaban J connectivity index is 2.91. The van der Waals surface area contributed by atoms with E-state index in [1.54, 1.807) is 11.4 Å². The van der Waals surface area contributed by atoms with Crippen molar-refractivity contribution in [3.8, 4) is 0 Å². The van der Waals surface area contributed by atoms with E-state index in [9.17, 15) is 14.9 Å². The van der Waals surface area contributed by atoms with Gasteiger partial charge in [0, 0.05) is 0 Å². The summed E-state index contributed by atoms with van der Waals surface area (Å²) in [6, 6.07) is 1.64. The molecule has 1 rings (SSSR count). The second-order valence-corrected chi connectivity index (χ2v) is 5.39. The van der Waals surface area contributed by atoms with Gasteiger partial charge in [-0.1, -0.05) is 0 Å². The summed E-state index contributed by atoms with van der Waals surface area (Å²) in [5.74, 6) is 0. The van der Waals surface area contributed by atoms with Gasteiger partial charge >= 0.3 is 78.6 Å². The van der Waals surface area contributed by atoms with Crippen LogP contribution in [0.5, 0.6) is 0 Å². The van der Waals surface area contributed by atoms with Gasteiger partial charge in [-0.3, -0.25) is 0 Å². The first-order valence-electron chi connectivity index (χ1n) is 3.01. The maximum absolute atomic E-state index is 10.7. The summed E-state index contributed by atoms with van der Waals surface area (Å²) >= 11 is 0.664. The first kappa shape index (κ1) is 9.38. The monoisotopic (exact) mass is 251 g/mol. The molecule has 0 bridgehead atoms. The van der Waals surface area contributed by atoms with Crippen LogP contribution in [0.2, 0.25) is 0 Å². The summed E-state index contributed by atoms with van der Waals surface area (Å²) in [5.41, 5.74) is 0. The van der Waals surface area contributed by atoms with E-state index in [1.807, 2.05) is 0 Å². The van der Waals surface area contributed by atoms with Crippen molar-refractivity contribution in [2.45, 2.75) is 6.92 Å². The molecular weight excluding hydrogens is 245 g/mol. The summed E-state index contributed by atoms with van der Waals surface area (Å²) < 4.78 is 0.578. The molecule has 0 radical (unpaired) electrons. The summed E-state index contributed by atoms with van der Waals surface area (Å²) in [6.45, 7) is 1.45. The molecule has 4 nitrogen and oxygen atoms in total. The van der Waals surface area contributed by atoms with Crippen LogP contribution in [0.15, 0.2) is 11.4 Å². The van der Waals surface area contributed by atoms with Crippen molar-refractivity contribution in [2.75, 3.05) is 0 Å². The van der Waals surface area contributed by atoms with Crippen LogP contribution < -0.4 is 4.46 Å². The summed E-state index contributed by atoms with van der Waals surface area (Å²) in [5, 5.41) is 12.1. The molecule has 0 N–H and O–H groups in total. The Morgan fingerprint density at radius 2 is 2.42 bits per heavy atom. The molecular formula is C6H5NO3SSe. The minimum atomic E-state index is -0.440. The van der Waals surface area contributed by atoms with Crippen molar-refractivity contribution in [2.24, 2.45) is 0 Å². The zero-order valence-electron chi connectivity index (χ0n) is 6.14. The van der Waals surface area contributed by atoms with Gasteiger partial charge in [-0.25, -0.2) is 0 Å². The molecule has 0 saturated heterocycles. The van der Waals surface area contributed by atoms with Crippen LogP contribution in [-0.2, 0) is 4.79 Å². The van der Waals surface area contributed by atoms with Gasteiger partial charge in [-0.05, 0) is 0 Å². The number of thiophene rings is 1. The molecule has 6 heteroatoms. The number of hydrogen-bond donors (Lipinski definition) is 0. The Morgan fingerprint density at radius 1 is 1.75 bits per heavy atom. The molecule has 0 aliphatic rings. The molecule has 1 aromatic heterocycles. The normalized spacial score (nSPS) is 9.75. The van der Waals surface area contributed by atoms with Crippen molar-refractivity contribution in [1.29, 1.82) is 0 Å². The molecule has 12 heavy (non-hydrogen) atoms. The standard InChI is InChI=1S/C6H5NO3SSe/c1-4(8)12-5-2-3-11-6(5)7(9)10/h2-3H,1H3. The molecule has 0 aromatic carbocycles. The quantitative estimate of drug-likeness (QED) is 0.446. The van der Waals surface area contributed by atoms with E-state index in [0.29, 0.717) is 4.46 Å². The van der Waals surface area contributed by atoms with Crippen LogP contribution in [0.25, 0.3) is 0 Å². The fourth-order valence-electron chi connectivity index (χ4n) is 0.655. The molecule has 0 spiro atoms. The van der Waals surface area contributed by atoms with Gasteiger partial charge in [0.2, 0.25) is 0 Å². The molecule has 0 saturated carbocycles. The van der Waals surface area contributed by atoms with Gasteiger partial charge in [0.1, 0.15) is 0 Å². The van der Waals surface area contributed by atoms with Crippen LogP contribution >= 0.6 is 11.3 Å². The summed E-state index contributed by atoms with van der Waals surface area (Å²) in [6.07, 6.45) is 0. The zero-order chi connectivity index (χ0) is 9.14. The van der Waals surface area contributed by atoms with Crippen LogP contribution in [0.1, 0.15) is 6.92 Å². The number of carbonyl (C=O) groups is 1. The van der Waals surface area contributed by atoms with Crippen molar-refractivity contribution in [3.63, 3.8) is 0 Å². The van der Waals surface area contributed by atoms with Gasteiger partial charge in [0.15, 0.2) is 0 Å². The van der Waals surface area contributed by atoms with Gasteiger partial charge < -0.3 is 0 Å². The zero-order valence-corrected chi connectivity index (χ0v) is 8.67. The Morgan fingerprint density at radius 3 is 2.92 bits per heavy atom. The molecule has 1 aromatic rings. The molecule has 0 atom stereocenters. The molecule has 0 aliphatic carbocycles. The molecule has 64 valence electrons. The van der Waals surface area contributed by atoms with Crippen molar-refractivity contribution in [3.05, 3.63) is 21.6 Å². The average Bonchev–Trinajstić information content (AvgIpc) is 2.33. The molecule has 0 amide bonds. The minimum absolute atomic E-state index is 0.00370. The third-order valence-corrected chi connectivity index (χ3v) is 3.94. The maximum atomic E-state index is 10.7. The van der Waals surface area contributed by atoms with E-state index >= 15 is 0 Å². The number of nitrogens with zero attached hydrogens (tertiary/aromatic N) is 1. The van der Waals surface area contributed by atoms with Gasteiger partial charge in [0.25, 0.3) is 0 Å². The second-order valence-electron chi connectivity index (χ2n) is 1.94. The van der Waals surface area contributed by atoms with E-state index in [0.717, 1.165) is 11.3 Å². The first-order chi connectivity index (χ1) is 5.61. The topological polar surface area (TPSA) is 60.2 Å². The third-order valence-electron chi connectivity index (χ3n) is 1.03. The molecule has 0 fully saturated rings. The van der Waals surface area contributed by atoms with Gasteiger partial charge in [0.05, 0.1) is 0 Å². The van der Waals surface area contributed by atoms with Crippen LogP contribution in [0, 0.1) is 10.1 Å².